The lowest BCUT2D eigenvalue weighted by atomic mass is 10.2. The van der Waals surface area contributed by atoms with Crippen molar-refractivity contribution in [3.63, 3.8) is 0 Å². The fourth-order valence-electron chi connectivity index (χ4n) is 4.22. The van der Waals surface area contributed by atoms with E-state index in [0.717, 1.165) is 43.7 Å². The van der Waals surface area contributed by atoms with Crippen molar-refractivity contribution in [2.45, 2.75) is 37.1 Å². The van der Waals surface area contributed by atoms with Crippen LogP contribution in [0.4, 0.5) is 17.1 Å². The van der Waals surface area contributed by atoms with Crippen molar-refractivity contribution in [2.24, 2.45) is 0 Å². The highest BCUT2D eigenvalue weighted by Crippen LogP contribution is 2.30. The molecule has 184 valence electrons. The third-order valence-corrected chi connectivity index (χ3v) is 8.30. The Morgan fingerprint density at radius 2 is 1.68 bits per heavy atom. The van der Waals surface area contributed by atoms with Gasteiger partial charge in [-0.05, 0) is 62.2 Å². The Hall–Kier alpha value is -2.33. The second-order valence-corrected chi connectivity index (χ2v) is 11.0. The zero-order valence-corrected chi connectivity index (χ0v) is 20.9. The van der Waals surface area contributed by atoms with Gasteiger partial charge in [-0.2, -0.15) is 4.31 Å². The Labute approximate surface area is 206 Å². The number of sulfonamides is 1. The van der Waals surface area contributed by atoms with Crippen molar-refractivity contribution in [3.05, 3.63) is 47.5 Å². The summed E-state index contributed by atoms with van der Waals surface area (Å²) >= 11 is 6.22. The van der Waals surface area contributed by atoms with Crippen LogP contribution in [0.2, 0.25) is 5.02 Å². The molecule has 2 N–H and O–H groups in total. The summed E-state index contributed by atoms with van der Waals surface area (Å²) in [6, 6.07) is 11.4. The van der Waals surface area contributed by atoms with E-state index in [4.69, 9.17) is 16.3 Å². The molecule has 2 fully saturated rings. The number of ether oxygens (including phenoxy) is 1. The average Bonchev–Trinajstić information content (AvgIpc) is 2.85. The quantitative estimate of drug-likeness (QED) is 0.593. The first-order chi connectivity index (χ1) is 16.3. The molecule has 2 heterocycles. The second kappa shape index (κ2) is 10.9. The molecule has 2 saturated heterocycles. The molecule has 0 spiro atoms. The van der Waals surface area contributed by atoms with E-state index in [1.54, 1.807) is 31.2 Å². The van der Waals surface area contributed by atoms with Crippen LogP contribution in [0.3, 0.4) is 0 Å². The van der Waals surface area contributed by atoms with E-state index >= 15 is 0 Å². The van der Waals surface area contributed by atoms with E-state index in [1.165, 1.54) is 4.31 Å². The third kappa shape index (κ3) is 5.83. The van der Waals surface area contributed by atoms with E-state index in [0.29, 0.717) is 37.0 Å². The number of benzene rings is 2. The predicted octanol–water partition coefficient (Wildman–Crippen LogP) is 3.79. The van der Waals surface area contributed by atoms with Crippen LogP contribution in [0, 0.1) is 0 Å². The van der Waals surface area contributed by atoms with E-state index in [2.05, 4.69) is 15.5 Å². The van der Waals surface area contributed by atoms with Crippen molar-refractivity contribution >= 4 is 44.6 Å². The highest BCUT2D eigenvalue weighted by Gasteiger charge is 2.26. The minimum atomic E-state index is -3.50. The molecule has 34 heavy (non-hydrogen) atoms. The number of rotatable bonds is 7. The molecule has 2 aromatic rings. The predicted molar refractivity (Wildman–Crippen MR) is 135 cm³/mol. The number of halogens is 1. The van der Waals surface area contributed by atoms with Crippen LogP contribution in [0.15, 0.2) is 47.4 Å². The topological polar surface area (TPSA) is 91.0 Å². The number of nitrogens with one attached hydrogen (secondary N) is 2. The number of anilines is 3. The third-order valence-electron chi connectivity index (χ3n) is 6.15. The van der Waals surface area contributed by atoms with Crippen molar-refractivity contribution in [2.75, 3.05) is 54.9 Å². The molecule has 4 rings (SSSR count). The molecule has 8 nitrogen and oxygen atoms in total. The summed E-state index contributed by atoms with van der Waals surface area (Å²) in [4.78, 5) is 15.3. The molecule has 0 bridgehead atoms. The summed E-state index contributed by atoms with van der Waals surface area (Å²) in [5.41, 5.74) is 2.29. The van der Waals surface area contributed by atoms with Crippen LogP contribution in [0.5, 0.6) is 0 Å². The summed E-state index contributed by atoms with van der Waals surface area (Å²) in [7, 11) is -3.50. The molecule has 2 aliphatic rings. The van der Waals surface area contributed by atoms with Gasteiger partial charge in [0.15, 0.2) is 0 Å². The van der Waals surface area contributed by atoms with Gasteiger partial charge in [0.25, 0.3) is 0 Å². The molecule has 0 aliphatic carbocycles. The van der Waals surface area contributed by atoms with Gasteiger partial charge in [-0.3, -0.25) is 4.79 Å². The number of hydrogen-bond donors (Lipinski definition) is 2. The maximum Gasteiger partial charge on any atom is 0.246 e. The highest BCUT2D eigenvalue weighted by molar-refractivity contribution is 7.89. The molecule has 1 amide bonds. The lowest BCUT2D eigenvalue weighted by Crippen LogP contribution is -2.37. The monoisotopic (exact) mass is 506 g/mol. The van der Waals surface area contributed by atoms with Crippen molar-refractivity contribution in [1.82, 2.24) is 4.31 Å². The lowest BCUT2D eigenvalue weighted by Gasteiger charge is -2.31. The number of nitrogens with zero attached hydrogens (tertiary/aromatic N) is 2. The first-order valence-electron chi connectivity index (χ1n) is 11.6. The average molecular weight is 507 g/mol. The van der Waals surface area contributed by atoms with Gasteiger partial charge < -0.3 is 20.3 Å². The Balaban J connectivity index is 1.41. The number of amides is 1. The van der Waals surface area contributed by atoms with Crippen LogP contribution < -0.4 is 15.5 Å². The SMILES string of the molecule is C[C@@H](Nc1cc(Cl)ccc1N1CCOCC1)C(=O)Nc1ccc(S(=O)(=O)N2CCCCC2)cc1. The van der Waals surface area contributed by atoms with Gasteiger partial charge in [0, 0.05) is 36.9 Å². The standard InChI is InChI=1S/C24H31ClN4O4S/c1-18(26-22-17-19(25)5-10-23(22)28-13-15-33-16-14-28)24(30)27-20-6-8-21(9-7-20)34(31,32)29-11-3-2-4-12-29/h5-10,17-18,26H,2-4,11-16H2,1H3,(H,27,30)/t18-/m1/s1. The molecule has 0 aromatic heterocycles. The van der Waals surface area contributed by atoms with Crippen LogP contribution in [-0.2, 0) is 19.6 Å². The van der Waals surface area contributed by atoms with Gasteiger partial charge in [0.2, 0.25) is 15.9 Å². The molecular weight excluding hydrogens is 476 g/mol. The molecule has 0 unspecified atom stereocenters. The molecule has 1 atom stereocenters. The number of piperidine rings is 1. The van der Waals surface area contributed by atoms with E-state index in [1.807, 2.05) is 18.2 Å². The molecule has 0 radical (unpaired) electrons. The lowest BCUT2D eigenvalue weighted by molar-refractivity contribution is -0.116. The fraction of sp³-hybridized carbons (Fsp3) is 0.458. The smallest absolute Gasteiger partial charge is 0.246 e. The minimum Gasteiger partial charge on any atom is -0.378 e. The number of carbonyl (C=O) groups excluding carboxylic acids is 1. The van der Waals surface area contributed by atoms with Crippen LogP contribution >= 0.6 is 11.6 Å². The van der Waals surface area contributed by atoms with E-state index in [-0.39, 0.29) is 10.8 Å². The Morgan fingerprint density at radius 1 is 1.00 bits per heavy atom. The van der Waals surface area contributed by atoms with Gasteiger partial charge in [-0.15, -0.1) is 0 Å². The maximum atomic E-state index is 12.9. The summed E-state index contributed by atoms with van der Waals surface area (Å²) in [6.45, 7) is 5.73. The fourth-order valence-corrected chi connectivity index (χ4v) is 5.91. The number of carbonyl (C=O) groups is 1. The summed E-state index contributed by atoms with van der Waals surface area (Å²) in [6.07, 6.45) is 2.84. The van der Waals surface area contributed by atoms with Crippen LogP contribution in [0.1, 0.15) is 26.2 Å². The van der Waals surface area contributed by atoms with E-state index < -0.39 is 16.1 Å². The molecule has 2 aliphatic heterocycles. The first-order valence-corrected chi connectivity index (χ1v) is 13.5. The summed E-state index contributed by atoms with van der Waals surface area (Å²) in [5, 5.41) is 6.70. The summed E-state index contributed by atoms with van der Waals surface area (Å²) in [5.74, 6) is -0.237. The van der Waals surface area contributed by atoms with Crippen molar-refractivity contribution < 1.29 is 17.9 Å². The van der Waals surface area contributed by atoms with Gasteiger partial charge in [-0.25, -0.2) is 8.42 Å². The van der Waals surface area contributed by atoms with Gasteiger partial charge in [0.05, 0.1) is 29.5 Å². The Bertz CT molecular complexity index is 1100. The maximum absolute atomic E-state index is 12.9. The second-order valence-electron chi connectivity index (χ2n) is 8.61. The Morgan fingerprint density at radius 3 is 2.35 bits per heavy atom. The zero-order chi connectivity index (χ0) is 24.1. The highest BCUT2D eigenvalue weighted by atomic mass is 35.5. The van der Waals surface area contributed by atoms with Crippen molar-refractivity contribution in [3.8, 4) is 0 Å². The van der Waals surface area contributed by atoms with Gasteiger partial charge in [-0.1, -0.05) is 18.0 Å². The minimum absolute atomic E-state index is 0.237. The molecule has 10 heteroatoms. The first kappa shape index (κ1) is 24.8. The number of morpholine rings is 1. The van der Waals surface area contributed by atoms with Gasteiger partial charge >= 0.3 is 0 Å². The Kier molecular flexibility index (Phi) is 7.98. The molecule has 0 saturated carbocycles. The van der Waals surface area contributed by atoms with Crippen LogP contribution in [-0.4, -0.2) is 64.1 Å². The molecule has 2 aromatic carbocycles. The van der Waals surface area contributed by atoms with Crippen molar-refractivity contribution in [1.29, 1.82) is 0 Å². The normalized spacial score (nSPS) is 18.4. The zero-order valence-electron chi connectivity index (χ0n) is 19.3. The van der Waals surface area contributed by atoms with Gasteiger partial charge in [0.1, 0.15) is 6.04 Å². The number of hydrogen-bond acceptors (Lipinski definition) is 6. The molecular formula is C24H31ClN4O4S. The van der Waals surface area contributed by atoms with E-state index in [9.17, 15) is 13.2 Å². The summed E-state index contributed by atoms with van der Waals surface area (Å²) < 4.78 is 32.6. The van der Waals surface area contributed by atoms with Crippen LogP contribution in [0.25, 0.3) is 0 Å². The largest absolute Gasteiger partial charge is 0.378 e.